The van der Waals surface area contributed by atoms with Gasteiger partial charge >= 0.3 is 0 Å². The van der Waals surface area contributed by atoms with Gasteiger partial charge in [-0.3, -0.25) is 0 Å². The van der Waals surface area contributed by atoms with Crippen LogP contribution in [0.4, 0.5) is 11.6 Å². The lowest BCUT2D eigenvalue weighted by atomic mass is 10.2. The van der Waals surface area contributed by atoms with Crippen molar-refractivity contribution in [3.63, 3.8) is 0 Å². The maximum Gasteiger partial charge on any atom is 0.227 e. The molecule has 2 aromatic rings. The third-order valence-electron chi connectivity index (χ3n) is 5.33. The van der Waals surface area contributed by atoms with Gasteiger partial charge in [-0.1, -0.05) is 18.2 Å². The molecular formula is C24H30N4O3S. The largest absolute Gasteiger partial charge is 0.501 e. The van der Waals surface area contributed by atoms with Crippen LogP contribution in [-0.4, -0.2) is 43.8 Å². The summed E-state index contributed by atoms with van der Waals surface area (Å²) in [6.45, 7) is 5.35. The molecule has 32 heavy (non-hydrogen) atoms. The van der Waals surface area contributed by atoms with Crippen molar-refractivity contribution >= 4 is 27.5 Å². The van der Waals surface area contributed by atoms with Gasteiger partial charge in [-0.15, -0.1) is 0 Å². The molecule has 1 fully saturated rings. The molecule has 0 saturated carbocycles. The molecular weight excluding hydrogens is 424 g/mol. The standard InChI is InChI=1S/C24H30N4O3S/c1-4-19(15-18(2)31-3)5-6-20-16-26-24(27-17-20)28-21-7-9-22(10-8-21)32(29,30)23-11-13-25-14-12-23/h4-10,15-17,23,25H,11-14H2,1-3H3,(H,26,27,28)/b6-5+,18-15+,19-4-. The molecule has 1 saturated heterocycles. The summed E-state index contributed by atoms with van der Waals surface area (Å²) in [5.41, 5.74) is 2.61. The summed E-state index contributed by atoms with van der Waals surface area (Å²) in [5, 5.41) is 6.00. The third-order valence-corrected chi connectivity index (χ3v) is 7.61. The molecule has 0 spiro atoms. The predicted octanol–water partition coefficient (Wildman–Crippen LogP) is 4.26. The Morgan fingerprint density at radius 1 is 1.16 bits per heavy atom. The second-order valence-corrected chi connectivity index (χ2v) is 9.79. The van der Waals surface area contributed by atoms with E-state index in [-0.39, 0.29) is 5.25 Å². The molecule has 1 aliphatic rings. The number of hydrogen-bond donors (Lipinski definition) is 2. The number of ether oxygens (including phenoxy) is 1. The quantitative estimate of drug-likeness (QED) is 0.455. The molecule has 0 unspecified atom stereocenters. The molecule has 0 bridgehead atoms. The number of hydrogen-bond acceptors (Lipinski definition) is 7. The highest BCUT2D eigenvalue weighted by atomic mass is 32.2. The summed E-state index contributed by atoms with van der Waals surface area (Å²) in [6, 6.07) is 6.78. The normalized spacial score (nSPS) is 16.3. The van der Waals surface area contributed by atoms with E-state index in [2.05, 4.69) is 20.6 Å². The highest BCUT2D eigenvalue weighted by molar-refractivity contribution is 7.92. The second-order valence-electron chi connectivity index (χ2n) is 7.56. The van der Waals surface area contributed by atoms with Gasteiger partial charge in [-0.2, -0.15) is 0 Å². The highest BCUT2D eigenvalue weighted by Crippen LogP contribution is 2.24. The van der Waals surface area contributed by atoms with Crippen LogP contribution in [0.25, 0.3) is 6.08 Å². The number of nitrogens with zero attached hydrogens (tertiary/aromatic N) is 2. The number of aromatic nitrogens is 2. The predicted molar refractivity (Wildman–Crippen MR) is 128 cm³/mol. The van der Waals surface area contributed by atoms with Crippen molar-refractivity contribution in [2.75, 3.05) is 25.5 Å². The van der Waals surface area contributed by atoms with Crippen LogP contribution in [0.2, 0.25) is 0 Å². The molecule has 170 valence electrons. The van der Waals surface area contributed by atoms with E-state index in [4.69, 9.17) is 4.74 Å². The van der Waals surface area contributed by atoms with Crippen LogP contribution in [0, 0.1) is 0 Å². The first-order chi connectivity index (χ1) is 15.4. The lowest BCUT2D eigenvalue weighted by Crippen LogP contribution is -2.35. The molecule has 8 heteroatoms. The minimum atomic E-state index is -3.31. The second kappa shape index (κ2) is 11.1. The van der Waals surface area contributed by atoms with E-state index in [1.165, 1.54) is 0 Å². The van der Waals surface area contributed by atoms with Crippen molar-refractivity contribution in [3.8, 4) is 0 Å². The van der Waals surface area contributed by atoms with Gasteiger partial charge in [0.15, 0.2) is 9.84 Å². The number of methoxy groups -OCH3 is 1. The Labute approximate surface area is 190 Å². The van der Waals surface area contributed by atoms with Crippen LogP contribution < -0.4 is 10.6 Å². The van der Waals surface area contributed by atoms with Crippen molar-refractivity contribution in [1.29, 1.82) is 0 Å². The van der Waals surface area contributed by atoms with Crippen molar-refractivity contribution in [2.45, 2.75) is 36.8 Å². The first kappa shape index (κ1) is 23.7. The maximum atomic E-state index is 12.8. The first-order valence-electron chi connectivity index (χ1n) is 10.6. The van der Waals surface area contributed by atoms with Crippen LogP contribution >= 0.6 is 0 Å². The van der Waals surface area contributed by atoms with Crippen LogP contribution in [0.15, 0.2) is 71.1 Å². The molecule has 1 aromatic heterocycles. The Hall–Kier alpha value is -2.97. The summed E-state index contributed by atoms with van der Waals surface area (Å²) in [6.07, 6.45) is 12.6. The van der Waals surface area contributed by atoms with Crippen molar-refractivity contribution in [1.82, 2.24) is 15.3 Å². The van der Waals surface area contributed by atoms with Crippen LogP contribution in [0.5, 0.6) is 0 Å². The average molecular weight is 455 g/mol. The van der Waals surface area contributed by atoms with E-state index >= 15 is 0 Å². The summed E-state index contributed by atoms with van der Waals surface area (Å²) in [4.78, 5) is 9.04. The summed E-state index contributed by atoms with van der Waals surface area (Å²) < 4.78 is 30.8. The lowest BCUT2D eigenvalue weighted by Gasteiger charge is -2.22. The van der Waals surface area contributed by atoms with Crippen LogP contribution in [0.3, 0.4) is 0 Å². The lowest BCUT2D eigenvalue weighted by molar-refractivity contribution is 0.293. The summed E-state index contributed by atoms with van der Waals surface area (Å²) >= 11 is 0. The van der Waals surface area contributed by atoms with Crippen molar-refractivity contribution in [3.05, 3.63) is 71.8 Å². The van der Waals surface area contributed by atoms with E-state index in [1.807, 2.05) is 38.2 Å². The minimum absolute atomic E-state index is 0.316. The minimum Gasteiger partial charge on any atom is -0.501 e. The van der Waals surface area contributed by atoms with E-state index in [0.717, 1.165) is 35.7 Å². The molecule has 1 aromatic carbocycles. The molecule has 2 N–H and O–H groups in total. The van der Waals surface area contributed by atoms with E-state index in [0.29, 0.717) is 23.7 Å². The van der Waals surface area contributed by atoms with Crippen molar-refractivity contribution < 1.29 is 13.2 Å². The van der Waals surface area contributed by atoms with Crippen LogP contribution in [0.1, 0.15) is 32.3 Å². The Balaban J connectivity index is 1.64. The molecule has 0 aliphatic carbocycles. The fraction of sp³-hybridized carbons (Fsp3) is 0.333. The van der Waals surface area contributed by atoms with Gasteiger partial charge < -0.3 is 15.4 Å². The highest BCUT2D eigenvalue weighted by Gasteiger charge is 2.28. The number of piperidine rings is 1. The number of anilines is 2. The number of benzene rings is 1. The average Bonchev–Trinajstić information content (AvgIpc) is 2.83. The van der Waals surface area contributed by atoms with Gasteiger partial charge in [-0.05, 0) is 75.7 Å². The number of allylic oxidation sites excluding steroid dienone is 5. The fourth-order valence-electron chi connectivity index (χ4n) is 3.36. The Kier molecular flexibility index (Phi) is 8.19. The zero-order valence-electron chi connectivity index (χ0n) is 18.7. The molecule has 2 heterocycles. The topological polar surface area (TPSA) is 93.2 Å². The zero-order valence-corrected chi connectivity index (χ0v) is 19.5. The zero-order chi connectivity index (χ0) is 23.0. The summed E-state index contributed by atoms with van der Waals surface area (Å²) in [7, 11) is -1.66. The number of nitrogens with one attached hydrogen (secondary N) is 2. The SMILES string of the molecule is C/C=C(/C=C/c1cnc(Nc2ccc(S(=O)(=O)C3CCNCC3)cc2)nc1)\C=C(/C)OC. The van der Waals surface area contributed by atoms with E-state index < -0.39 is 9.84 Å². The Morgan fingerprint density at radius 2 is 1.81 bits per heavy atom. The van der Waals surface area contributed by atoms with Crippen LogP contribution in [-0.2, 0) is 14.6 Å². The van der Waals surface area contributed by atoms with Gasteiger partial charge in [0.2, 0.25) is 5.95 Å². The van der Waals surface area contributed by atoms with Gasteiger partial charge in [-0.25, -0.2) is 18.4 Å². The van der Waals surface area contributed by atoms with Gasteiger partial charge in [0.1, 0.15) is 0 Å². The van der Waals surface area contributed by atoms with E-state index in [9.17, 15) is 8.42 Å². The van der Waals surface area contributed by atoms with Crippen molar-refractivity contribution in [2.24, 2.45) is 0 Å². The number of rotatable bonds is 8. The fourth-order valence-corrected chi connectivity index (χ4v) is 5.11. The molecule has 0 radical (unpaired) electrons. The summed E-state index contributed by atoms with van der Waals surface area (Å²) in [5.74, 6) is 1.27. The maximum absolute atomic E-state index is 12.8. The molecule has 0 amide bonds. The van der Waals surface area contributed by atoms with E-state index in [1.54, 1.807) is 43.8 Å². The molecule has 0 atom stereocenters. The smallest absolute Gasteiger partial charge is 0.227 e. The monoisotopic (exact) mass is 454 g/mol. The van der Waals surface area contributed by atoms with Gasteiger partial charge in [0, 0.05) is 23.6 Å². The third kappa shape index (κ3) is 6.27. The Morgan fingerprint density at radius 3 is 2.41 bits per heavy atom. The van der Waals surface area contributed by atoms with Gasteiger partial charge in [0.05, 0.1) is 23.0 Å². The first-order valence-corrected chi connectivity index (χ1v) is 12.2. The molecule has 3 rings (SSSR count). The molecule has 7 nitrogen and oxygen atoms in total. The molecule has 1 aliphatic heterocycles. The van der Waals surface area contributed by atoms with Gasteiger partial charge in [0.25, 0.3) is 0 Å². The Bertz CT molecular complexity index is 1080. The number of sulfone groups is 1.